The third kappa shape index (κ3) is 13.0. The van der Waals surface area contributed by atoms with Crippen LogP contribution in [0.3, 0.4) is 0 Å². The Bertz CT molecular complexity index is 2010. The molecule has 27 heteroatoms. The first-order chi connectivity index (χ1) is 31.5. The molecule has 0 heterocycles. The van der Waals surface area contributed by atoms with Crippen molar-refractivity contribution in [1.82, 2.24) is 0 Å². The van der Waals surface area contributed by atoms with Crippen LogP contribution in [0.5, 0.6) is 11.5 Å². The molecule has 0 aliphatic heterocycles. The molecular weight excluding hydrogens is 998 g/mol. The van der Waals surface area contributed by atoms with E-state index in [2.05, 4.69) is 11.9 Å². The van der Waals surface area contributed by atoms with Gasteiger partial charge < -0.3 is 28.1 Å². The standard InChI is InChI=1S/C42H48F17NO8Si/c1-8-21-66-32(61)11-9-10-31(64-7)33(68-34(62)60-28-14-18-29(63-6)19-15-28)27-12-16-30(17-13-27)65-22-23-67-69(25(2)3,26(4)5)24-20-35(43,44)36(45,46)37(47,48)38(49,50)39(51,52)40(53,54)41(55,56)42(57,58)59/h8-9,11-19,25-26,31,33H,1,10,20-24H2,2-7H3,(H,60,62)/b11-9+/t31-,33-/m0/s1. The lowest BCUT2D eigenvalue weighted by Crippen LogP contribution is -2.74. The molecule has 9 nitrogen and oxygen atoms in total. The lowest BCUT2D eigenvalue weighted by atomic mass is 9.88. The van der Waals surface area contributed by atoms with Crippen molar-refractivity contribution in [3.63, 3.8) is 0 Å². The highest BCUT2D eigenvalue weighted by atomic mass is 28.4. The highest BCUT2D eigenvalue weighted by Crippen LogP contribution is 2.64. The summed E-state index contributed by atoms with van der Waals surface area (Å²) in [6.07, 6.45) is -9.62. The molecule has 2 atom stereocenters. The quantitative estimate of drug-likeness (QED) is 0.0236. The van der Waals surface area contributed by atoms with Crippen LogP contribution in [0.1, 0.15) is 52.2 Å². The molecule has 2 aromatic carbocycles. The number of hydrogen-bond acceptors (Lipinski definition) is 8. The number of rotatable bonds is 27. The van der Waals surface area contributed by atoms with Gasteiger partial charge in [-0.15, -0.1) is 0 Å². The molecule has 0 bridgehead atoms. The van der Waals surface area contributed by atoms with Crippen LogP contribution < -0.4 is 14.8 Å². The monoisotopic (exact) mass is 1050 g/mol. The topological polar surface area (TPSA) is 102 Å². The Kier molecular flexibility index (Phi) is 20.1. The van der Waals surface area contributed by atoms with Gasteiger partial charge in [0.05, 0.1) is 13.7 Å². The van der Waals surface area contributed by atoms with Gasteiger partial charge in [0, 0.05) is 25.3 Å². The summed E-state index contributed by atoms with van der Waals surface area (Å²) in [6.45, 7) is 7.59. The lowest BCUT2D eigenvalue weighted by molar-refractivity contribution is -0.461. The zero-order valence-electron chi connectivity index (χ0n) is 37.3. The van der Waals surface area contributed by atoms with E-state index in [0.717, 1.165) is 6.08 Å². The van der Waals surface area contributed by atoms with Gasteiger partial charge in [0.1, 0.15) is 30.8 Å². The summed E-state index contributed by atoms with van der Waals surface area (Å²) in [5, 5.41) is 2.54. The van der Waals surface area contributed by atoms with Crippen LogP contribution in [0.2, 0.25) is 17.1 Å². The van der Waals surface area contributed by atoms with Crippen LogP contribution in [-0.2, 0) is 23.4 Å². The van der Waals surface area contributed by atoms with Crippen LogP contribution in [0.4, 0.5) is 85.1 Å². The SMILES string of the molecule is C=CCOC(=O)/C=C/C[C@H](OC)[C@@H](OC(=O)Nc1ccc(OC)cc1)c1ccc(OCCO[Si](CCC(F)(F)C(F)(F)C(F)(F)C(F)(F)C(F)(F)C(F)(F)C(F)(F)C(F)(F)F)(C(C)C)C(C)C)cc1. The van der Waals surface area contributed by atoms with E-state index in [1.165, 1.54) is 90.5 Å². The van der Waals surface area contributed by atoms with E-state index in [9.17, 15) is 75.4 Å². The normalized spacial score (nSPS) is 14.7. The minimum absolute atomic E-state index is 0.00665. The molecule has 0 fully saturated rings. The Morgan fingerprint density at radius 2 is 1.17 bits per heavy atom. The van der Waals surface area contributed by atoms with Crippen molar-refractivity contribution in [2.45, 2.75) is 118 Å². The maximum atomic E-state index is 15.0. The van der Waals surface area contributed by atoms with Gasteiger partial charge in [0.2, 0.25) is 0 Å². The Balaban J connectivity index is 2.33. The number of amides is 1. The number of esters is 1. The second-order valence-corrected chi connectivity index (χ2v) is 20.7. The third-order valence-corrected chi connectivity index (χ3v) is 16.4. The molecule has 0 unspecified atom stereocenters. The minimum atomic E-state index is -8.71. The fourth-order valence-electron chi connectivity index (χ4n) is 6.63. The number of benzene rings is 2. The fourth-order valence-corrected chi connectivity index (χ4v) is 11.1. The van der Waals surface area contributed by atoms with Crippen molar-refractivity contribution in [3.8, 4) is 11.5 Å². The van der Waals surface area contributed by atoms with E-state index < -0.39 is 117 Å². The van der Waals surface area contributed by atoms with E-state index in [4.69, 9.17) is 28.1 Å². The Morgan fingerprint density at radius 1 is 0.681 bits per heavy atom. The number of carbonyl (C=O) groups excluding carboxylic acids is 2. The summed E-state index contributed by atoms with van der Waals surface area (Å²) in [7, 11) is -1.31. The molecule has 0 radical (unpaired) electrons. The van der Waals surface area contributed by atoms with Crippen molar-refractivity contribution >= 4 is 26.1 Å². The zero-order valence-corrected chi connectivity index (χ0v) is 38.3. The van der Waals surface area contributed by atoms with Gasteiger partial charge >= 0.3 is 59.7 Å². The van der Waals surface area contributed by atoms with Crippen molar-refractivity contribution in [2.24, 2.45) is 0 Å². The molecule has 0 aliphatic carbocycles. The number of alkyl halides is 17. The highest BCUT2D eigenvalue weighted by molar-refractivity contribution is 6.76. The van der Waals surface area contributed by atoms with Crippen LogP contribution in [0, 0.1) is 0 Å². The summed E-state index contributed by atoms with van der Waals surface area (Å²) in [5.74, 6) is -57.1. The molecule has 1 N–H and O–H groups in total. The van der Waals surface area contributed by atoms with E-state index in [0.29, 0.717) is 17.0 Å². The number of hydrogen-bond donors (Lipinski definition) is 1. The highest BCUT2D eigenvalue weighted by Gasteiger charge is 2.95. The molecule has 1 amide bonds. The summed E-state index contributed by atoms with van der Waals surface area (Å²) in [4.78, 5) is 25.0. The Labute approximate surface area is 385 Å². The van der Waals surface area contributed by atoms with Crippen LogP contribution in [0.25, 0.3) is 0 Å². The lowest BCUT2D eigenvalue weighted by Gasteiger charge is -2.44. The van der Waals surface area contributed by atoms with E-state index in [1.807, 2.05) is 0 Å². The Morgan fingerprint density at radius 3 is 1.64 bits per heavy atom. The van der Waals surface area contributed by atoms with E-state index in [-0.39, 0.29) is 18.8 Å². The molecular formula is C42H48F17NO8Si. The van der Waals surface area contributed by atoms with E-state index >= 15 is 8.78 Å². The van der Waals surface area contributed by atoms with Gasteiger partial charge in [-0.25, -0.2) is 9.59 Å². The molecule has 2 rings (SSSR count). The molecule has 0 saturated heterocycles. The number of methoxy groups -OCH3 is 2. The molecule has 0 aliphatic rings. The predicted molar refractivity (Wildman–Crippen MR) is 215 cm³/mol. The van der Waals surface area contributed by atoms with Gasteiger partial charge in [-0.2, -0.15) is 74.6 Å². The number of halogens is 17. The maximum Gasteiger partial charge on any atom is 0.460 e. The second kappa shape index (κ2) is 23.0. The Hall–Kier alpha value is -4.79. The number of anilines is 1. The second-order valence-electron chi connectivity index (χ2n) is 15.7. The third-order valence-electron chi connectivity index (χ3n) is 10.7. The zero-order chi connectivity index (χ0) is 53.2. The van der Waals surface area contributed by atoms with Gasteiger partial charge in [0.25, 0.3) is 0 Å². The predicted octanol–water partition coefficient (Wildman–Crippen LogP) is 13.2. The smallest absolute Gasteiger partial charge is 0.460 e. The van der Waals surface area contributed by atoms with Crippen LogP contribution >= 0.6 is 0 Å². The first-order valence-corrected chi connectivity index (χ1v) is 22.4. The van der Waals surface area contributed by atoms with Crippen molar-refractivity contribution < 1.29 is 112 Å². The maximum absolute atomic E-state index is 15.0. The molecule has 2 aromatic rings. The first kappa shape index (κ1) is 60.3. The minimum Gasteiger partial charge on any atom is -0.497 e. The summed E-state index contributed by atoms with van der Waals surface area (Å²) >= 11 is 0. The molecule has 69 heavy (non-hydrogen) atoms. The summed E-state index contributed by atoms with van der Waals surface area (Å²) in [5.41, 5.74) is -1.19. The van der Waals surface area contributed by atoms with Crippen LogP contribution in [0.15, 0.2) is 73.3 Å². The number of carbonyl (C=O) groups is 2. The fraction of sp³-hybridized carbons (Fsp3) is 0.571. The van der Waals surface area contributed by atoms with Crippen LogP contribution in [-0.4, -0.2) is 108 Å². The molecule has 0 aromatic heterocycles. The number of nitrogens with one attached hydrogen (secondary N) is 1. The molecule has 0 spiro atoms. The van der Waals surface area contributed by atoms with Gasteiger partial charge in [-0.3, -0.25) is 5.32 Å². The summed E-state index contributed by atoms with van der Waals surface area (Å²) < 4.78 is 269. The average molecular weight is 1050 g/mol. The largest absolute Gasteiger partial charge is 0.497 e. The first-order valence-electron chi connectivity index (χ1n) is 20.2. The molecule has 0 saturated carbocycles. The van der Waals surface area contributed by atoms with Crippen molar-refractivity contribution in [1.29, 1.82) is 0 Å². The van der Waals surface area contributed by atoms with Gasteiger partial charge in [0.15, 0.2) is 14.4 Å². The average Bonchev–Trinajstić information content (AvgIpc) is 3.25. The number of ether oxygens (including phenoxy) is 5. The van der Waals surface area contributed by atoms with Crippen molar-refractivity contribution in [2.75, 3.05) is 39.4 Å². The molecule has 392 valence electrons. The van der Waals surface area contributed by atoms with Gasteiger partial charge in [-0.1, -0.05) is 58.6 Å². The van der Waals surface area contributed by atoms with Crippen molar-refractivity contribution in [3.05, 3.63) is 78.9 Å². The van der Waals surface area contributed by atoms with Gasteiger partial charge in [-0.05, 0) is 65.5 Å². The van der Waals surface area contributed by atoms with E-state index in [1.54, 1.807) is 12.1 Å². The summed E-state index contributed by atoms with van der Waals surface area (Å²) in [6, 6.07) is 10.4.